The minimum atomic E-state index is -1.58. The number of carboxylic acid groups (broad SMARTS) is 1. The van der Waals surface area contributed by atoms with Gasteiger partial charge in [-0.15, -0.1) is 0 Å². The van der Waals surface area contributed by atoms with Crippen molar-refractivity contribution in [1.82, 2.24) is 4.98 Å². The number of carbonyl (C=O) groups is 3. The number of nitrogens with zero attached hydrogens (tertiary/aromatic N) is 1. The van der Waals surface area contributed by atoms with E-state index in [1.807, 2.05) is 4.98 Å². The highest BCUT2D eigenvalue weighted by Crippen LogP contribution is 2.38. The van der Waals surface area contributed by atoms with Gasteiger partial charge in [0.15, 0.2) is 0 Å². The van der Waals surface area contributed by atoms with Crippen LogP contribution in [0.1, 0.15) is 10.4 Å². The molecule has 0 bridgehead atoms. The lowest BCUT2D eigenvalue weighted by atomic mass is 10.2. The smallest absolute Gasteiger partial charge is 0.343 e. The van der Waals surface area contributed by atoms with Crippen LogP contribution in [0.25, 0.3) is 0 Å². The normalized spacial score (nSPS) is 14.7. The highest BCUT2D eigenvalue weighted by Gasteiger charge is 2.35. The Balaban J connectivity index is 2.63. The summed E-state index contributed by atoms with van der Waals surface area (Å²) in [5.41, 5.74) is -1.32. The third-order valence-corrected chi connectivity index (χ3v) is 2.18. The first kappa shape index (κ1) is 10.7. The number of imide groups is 1. The van der Waals surface area contributed by atoms with Gasteiger partial charge in [-0.1, -0.05) is 0 Å². The van der Waals surface area contributed by atoms with Crippen molar-refractivity contribution in [2.45, 2.75) is 0 Å². The van der Waals surface area contributed by atoms with E-state index >= 15 is 0 Å². The highest BCUT2D eigenvalue weighted by atomic mass is 16.4. The number of amides is 2. The minimum Gasteiger partial charge on any atom is -0.494 e. The lowest BCUT2D eigenvalue weighted by Gasteiger charge is -2.12. The summed E-state index contributed by atoms with van der Waals surface area (Å²) >= 11 is 0. The van der Waals surface area contributed by atoms with Crippen LogP contribution >= 0.6 is 0 Å². The number of hydrogen-bond donors (Lipinski definition) is 4. The van der Waals surface area contributed by atoms with Gasteiger partial charge >= 0.3 is 5.97 Å². The lowest BCUT2D eigenvalue weighted by Crippen LogP contribution is -2.30. The van der Waals surface area contributed by atoms with E-state index in [1.54, 1.807) is 0 Å². The SMILES string of the molecule is O=C(O)c1c(O)[nH]c(O)c1N1C(=O)C=CC1=O. The number of rotatable bonds is 2. The Morgan fingerprint density at radius 3 is 2.12 bits per heavy atom. The van der Waals surface area contributed by atoms with E-state index in [-0.39, 0.29) is 0 Å². The molecule has 2 rings (SSSR count). The number of anilines is 1. The number of aromatic nitrogens is 1. The van der Waals surface area contributed by atoms with Crippen molar-refractivity contribution in [2.75, 3.05) is 4.90 Å². The summed E-state index contributed by atoms with van der Waals surface area (Å²) in [6.45, 7) is 0. The Bertz CT molecular complexity index is 552. The van der Waals surface area contributed by atoms with Gasteiger partial charge in [-0.2, -0.15) is 0 Å². The molecule has 0 saturated heterocycles. The molecule has 4 N–H and O–H groups in total. The zero-order valence-electron chi connectivity index (χ0n) is 8.17. The third kappa shape index (κ3) is 1.42. The molecule has 8 heteroatoms. The van der Waals surface area contributed by atoms with Crippen molar-refractivity contribution in [3.05, 3.63) is 17.7 Å². The van der Waals surface area contributed by atoms with Gasteiger partial charge in [0.2, 0.25) is 11.8 Å². The maximum absolute atomic E-state index is 11.3. The molecule has 0 unspecified atom stereocenters. The van der Waals surface area contributed by atoms with E-state index < -0.39 is 40.8 Å². The number of nitrogens with one attached hydrogen (secondary N) is 1. The second-order valence-corrected chi connectivity index (χ2v) is 3.20. The summed E-state index contributed by atoms with van der Waals surface area (Å²) in [7, 11) is 0. The molecule has 2 heterocycles. The van der Waals surface area contributed by atoms with Crippen LogP contribution in [0.5, 0.6) is 11.8 Å². The topological polar surface area (TPSA) is 131 Å². The van der Waals surface area contributed by atoms with E-state index in [4.69, 9.17) is 5.11 Å². The van der Waals surface area contributed by atoms with Crippen molar-refractivity contribution < 1.29 is 29.7 Å². The summed E-state index contributed by atoms with van der Waals surface area (Å²) in [6, 6.07) is 0. The van der Waals surface area contributed by atoms with Crippen LogP contribution in [0.15, 0.2) is 12.2 Å². The van der Waals surface area contributed by atoms with Gasteiger partial charge in [0.25, 0.3) is 11.8 Å². The minimum absolute atomic E-state index is 0.453. The molecule has 0 fully saturated rings. The number of hydrogen-bond acceptors (Lipinski definition) is 5. The van der Waals surface area contributed by atoms with Gasteiger partial charge < -0.3 is 15.3 Å². The summed E-state index contributed by atoms with van der Waals surface area (Å²) in [5, 5.41) is 27.5. The fourth-order valence-electron chi connectivity index (χ4n) is 1.51. The quantitative estimate of drug-likeness (QED) is 0.516. The molecule has 2 amide bonds. The maximum Gasteiger partial charge on any atom is 0.343 e. The van der Waals surface area contributed by atoms with Crippen LogP contribution in [-0.4, -0.2) is 38.1 Å². The second kappa shape index (κ2) is 3.37. The molecule has 17 heavy (non-hydrogen) atoms. The highest BCUT2D eigenvalue weighted by molar-refractivity contribution is 6.30. The predicted molar refractivity (Wildman–Crippen MR) is 52.7 cm³/mol. The van der Waals surface area contributed by atoms with Crippen molar-refractivity contribution >= 4 is 23.5 Å². The van der Waals surface area contributed by atoms with Gasteiger partial charge in [-0.25, -0.2) is 9.69 Å². The Labute approximate surface area is 93.4 Å². The molecule has 8 nitrogen and oxygen atoms in total. The molecule has 1 aromatic rings. The van der Waals surface area contributed by atoms with Crippen LogP contribution in [0.4, 0.5) is 5.69 Å². The van der Waals surface area contributed by atoms with Crippen molar-refractivity contribution in [1.29, 1.82) is 0 Å². The first-order valence-electron chi connectivity index (χ1n) is 4.36. The molecule has 1 aromatic heterocycles. The van der Waals surface area contributed by atoms with Crippen LogP contribution < -0.4 is 4.90 Å². The summed E-state index contributed by atoms with van der Waals surface area (Å²) < 4.78 is 0. The molecule has 0 spiro atoms. The van der Waals surface area contributed by atoms with Gasteiger partial charge in [0, 0.05) is 12.2 Å². The van der Waals surface area contributed by atoms with Crippen LogP contribution in [-0.2, 0) is 9.59 Å². The largest absolute Gasteiger partial charge is 0.494 e. The second-order valence-electron chi connectivity index (χ2n) is 3.20. The van der Waals surface area contributed by atoms with Crippen LogP contribution in [0, 0.1) is 0 Å². The van der Waals surface area contributed by atoms with Crippen molar-refractivity contribution in [3.63, 3.8) is 0 Å². The van der Waals surface area contributed by atoms with Gasteiger partial charge in [-0.3, -0.25) is 14.6 Å². The number of carbonyl (C=O) groups excluding carboxylic acids is 2. The van der Waals surface area contributed by atoms with E-state index in [2.05, 4.69) is 0 Å². The fourth-order valence-corrected chi connectivity index (χ4v) is 1.51. The Morgan fingerprint density at radius 1 is 1.12 bits per heavy atom. The van der Waals surface area contributed by atoms with E-state index in [9.17, 15) is 24.6 Å². The van der Waals surface area contributed by atoms with E-state index in [1.165, 1.54) is 0 Å². The molecule has 0 radical (unpaired) electrons. The van der Waals surface area contributed by atoms with Crippen molar-refractivity contribution in [2.24, 2.45) is 0 Å². The maximum atomic E-state index is 11.3. The fraction of sp³-hybridized carbons (Fsp3) is 0. The van der Waals surface area contributed by atoms with E-state index in [0.717, 1.165) is 12.2 Å². The molecule has 88 valence electrons. The van der Waals surface area contributed by atoms with Gasteiger partial charge in [0.1, 0.15) is 11.3 Å². The van der Waals surface area contributed by atoms with Gasteiger partial charge in [0.05, 0.1) is 0 Å². The molecule has 0 saturated carbocycles. The number of aromatic hydroxyl groups is 2. The zero-order chi connectivity index (χ0) is 12.7. The average Bonchev–Trinajstić information content (AvgIpc) is 2.67. The number of aromatic amines is 1. The lowest BCUT2D eigenvalue weighted by molar-refractivity contribution is -0.120. The Morgan fingerprint density at radius 2 is 1.65 bits per heavy atom. The van der Waals surface area contributed by atoms with E-state index in [0.29, 0.717) is 4.90 Å². The zero-order valence-corrected chi connectivity index (χ0v) is 8.17. The molecule has 0 aromatic carbocycles. The summed E-state index contributed by atoms with van der Waals surface area (Å²) in [5.74, 6) is -4.79. The molecule has 0 aliphatic carbocycles. The molecular weight excluding hydrogens is 232 g/mol. The monoisotopic (exact) mass is 238 g/mol. The third-order valence-electron chi connectivity index (χ3n) is 2.18. The predicted octanol–water partition coefficient (Wildman–Crippen LogP) is -0.447. The summed E-state index contributed by atoms with van der Waals surface area (Å²) in [4.78, 5) is 35.9. The van der Waals surface area contributed by atoms with Gasteiger partial charge in [-0.05, 0) is 0 Å². The van der Waals surface area contributed by atoms with Crippen molar-refractivity contribution in [3.8, 4) is 11.8 Å². The molecule has 1 aliphatic rings. The molecular formula is C9H6N2O6. The number of H-pyrrole nitrogens is 1. The summed E-state index contributed by atoms with van der Waals surface area (Å²) in [6.07, 6.45) is 1.86. The van der Waals surface area contributed by atoms with Crippen LogP contribution in [0.2, 0.25) is 0 Å². The molecule has 0 atom stereocenters. The molecule has 1 aliphatic heterocycles. The first-order valence-corrected chi connectivity index (χ1v) is 4.36. The number of carboxylic acids is 1. The Kier molecular flexibility index (Phi) is 2.13. The number of aromatic carboxylic acids is 1. The van der Waals surface area contributed by atoms with Crippen LogP contribution in [0.3, 0.4) is 0 Å². The average molecular weight is 238 g/mol. The Hall–Kier alpha value is -2.77. The first-order chi connectivity index (χ1) is 7.93. The standard InChI is InChI=1S/C9H6N2O6/c12-3-1-2-4(13)11(3)6-5(9(16)17)7(14)10-8(6)15/h1-2,10,14-15H,(H,16,17).